The molecule has 6 heteroatoms. The van der Waals surface area contributed by atoms with Crippen LogP contribution in [0.15, 0.2) is 36.9 Å². The minimum absolute atomic E-state index is 0.0249. The minimum atomic E-state index is -0.285. The van der Waals surface area contributed by atoms with Crippen molar-refractivity contribution in [3.8, 4) is 0 Å². The van der Waals surface area contributed by atoms with E-state index >= 15 is 0 Å². The molecule has 6 nitrogen and oxygen atoms in total. The van der Waals surface area contributed by atoms with E-state index in [2.05, 4.69) is 15.4 Å². The van der Waals surface area contributed by atoms with Crippen molar-refractivity contribution >= 4 is 5.91 Å². The maximum Gasteiger partial charge on any atom is 0.249 e. The summed E-state index contributed by atoms with van der Waals surface area (Å²) >= 11 is 0. The van der Waals surface area contributed by atoms with E-state index in [-0.39, 0.29) is 12.0 Å². The van der Waals surface area contributed by atoms with Crippen LogP contribution in [0.3, 0.4) is 0 Å². The second-order valence-corrected chi connectivity index (χ2v) is 5.08. The zero-order chi connectivity index (χ0) is 14.5. The van der Waals surface area contributed by atoms with Crippen LogP contribution in [-0.4, -0.2) is 33.4 Å². The standard InChI is InChI=1S/C15H18N4O2/c20-15(14-6-3-7-21-14)17-8-12-4-1-2-5-13(12)9-19-11-16-10-18-19/h1-2,4-5,10-11,14H,3,6-9H2,(H,17,20)/t14-/m1/s1. The van der Waals surface area contributed by atoms with Crippen molar-refractivity contribution in [3.05, 3.63) is 48.0 Å². The van der Waals surface area contributed by atoms with Gasteiger partial charge in [0.2, 0.25) is 5.91 Å². The first kappa shape index (κ1) is 13.8. The molecule has 1 saturated heterocycles. The van der Waals surface area contributed by atoms with Gasteiger partial charge in [0.05, 0.1) is 6.54 Å². The number of benzene rings is 1. The summed E-state index contributed by atoms with van der Waals surface area (Å²) in [5.74, 6) is -0.0249. The van der Waals surface area contributed by atoms with Crippen LogP contribution < -0.4 is 5.32 Å². The molecule has 21 heavy (non-hydrogen) atoms. The summed E-state index contributed by atoms with van der Waals surface area (Å²) in [6.07, 6.45) is 4.68. The van der Waals surface area contributed by atoms with Gasteiger partial charge in [-0.25, -0.2) is 9.67 Å². The molecule has 0 unspecified atom stereocenters. The predicted octanol–water partition coefficient (Wildman–Crippen LogP) is 1.12. The minimum Gasteiger partial charge on any atom is -0.368 e. The monoisotopic (exact) mass is 286 g/mol. The Morgan fingerprint density at radius 3 is 2.95 bits per heavy atom. The van der Waals surface area contributed by atoms with Crippen LogP contribution >= 0.6 is 0 Å². The fourth-order valence-electron chi connectivity index (χ4n) is 2.45. The van der Waals surface area contributed by atoms with Crippen LogP contribution in [0.2, 0.25) is 0 Å². The summed E-state index contributed by atoms with van der Waals surface area (Å²) in [6, 6.07) is 8.01. The Morgan fingerprint density at radius 2 is 2.24 bits per heavy atom. The smallest absolute Gasteiger partial charge is 0.249 e. The predicted molar refractivity (Wildman–Crippen MR) is 76.4 cm³/mol. The zero-order valence-electron chi connectivity index (χ0n) is 11.7. The first-order valence-corrected chi connectivity index (χ1v) is 7.11. The molecule has 1 aliphatic rings. The van der Waals surface area contributed by atoms with Crippen molar-refractivity contribution in [1.82, 2.24) is 20.1 Å². The number of rotatable bonds is 5. The fourth-order valence-corrected chi connectivity index (χ4v) is 2.45. The SMILES string of the molecule is O=C(NCc1ccccc1Cn1cncn1)[C@H]1CCCO1. The van der Waals surface area contributed by atoms with Gasteiger partial charge in [0, 0.05) is 13.2 Å². The van der Waals surface area contributed by atoms with Crippen LogP contribution in [0, 0.1) is 0 Å². The fraction of sp³-hybridized carbons (Fsp3) is 0.400. The average Bonchev–Trinajstić information content (AvgIpc) is 3.19. The van der Waals surface area contributed by atoms with Crippen molar-refractivity contribution < 1.29 is 9.53 Å². The number of hydrogen-bond donors (Lipinski definition) is 1. The van der Waals surface area contributed by atoms with Crippen LogP contribution in [0.25, 0.3) is 0 Å². The summed E-state index contributed by atoms with van der Waals surface area (Å²) in [6.45, 7) is 1.83. The van der Waals surface area contributed by atoms with Crippen molar-refractivity contribution in [2.24, 2.45) is 0 Å². The van der Waals surface area contributed by atoms with E-state index < -0.39 is 0 Å². The van der Waals surface area contributed by atoms with Gasteiger partial charge < -0.3 is 10.1 Å². The molecule has 1 aromatic heterocycles. The Hall–Kier alpha value is -2.21. The largest absolute Gasteiger partial charge is 0.368 e. The van der Waals surface area contributed by atoms with E-state index in [1.54, 1.807) is 11.0 Å². The Labute approximate surface area is 123 Å². The summed E-state index contributed by atoms with van der Waals surface area (Å²) in [7, 11) is 0. The number of aromatic nitrogens is 3. The summed E-state index contributed by atoms with van der Waals surface area (Å²) in [4.78, 5) is 15.9. The molecule has 3 rings (SSSR count). The topological polar surface area (TPSA) is 69.0 Å². The van der Waals surface area contributed by atoms with Gasteiger partial charge in [-0.3, -0.25) is 4.79 Å². The van der Waals surface area contributed by atoms with Gasteiger partial charge in [-0.15, -0.1) is 0 Å². The van der Waals surface area contributed by atoms with Crippen molar-refractivity contribution in [2.75, 3.05) is 6.61 Å². The van der Waals surface area contributed by atoms with Crippen molar-refractivity contribution in [1.29, 1.82) is 0 Å². The number of carbonyl (C=O) groups is 1. The highest BCUT2D eigenvalue weighted by Crippen LogP contribution is 2.13. The number of nitrogens with zero attached hydrogens (tertiary/aromatic N) is 3. The molecule has 1 fully saturated rings. The summed E-state index contributed by atoms with van der Waals surface area (Å²) in [5, 5.41) is 7.06. The van der Waals surface area contributed by atoms with Crippen molar-refractivity contribution in [2.45, 2.75) is 32.0 Å². The molecule has 0 radical (unpaired) electrons. The third-order valence-electron chi connectivity index (χ3n) is 3.59. The van der Waals surface area contributed by atoms with E-state index in [1.807, 2.05) is 24.3 Å². The Balaban J connectivity index is 1.63. The van der Waals surface area contributed by atoms with Crippen LogP contribution in [0.4, 0.5) is 0 Å². The molecule has 0 saturated carbocycles. The number of ether oxygens (including phenoxy) is 1. The summed E-state index contributed by atoms with van der Waals surface area (Å²) < 4.78 is 7.15. The molecule has 1 N–H and O–H groups in total. The van der Waals surface area contributed by atoms with Gasteiger partial charge >= 0.3 is 0 Å². The maximum absolute atomic E-state index is 12.0. The van der Waals surface area contributed by atoms with E-state index in [0.29, 0.717) is 19.7 Å². The third kappa shape index (κ3) is 3.46. The number of nitrogens with one attached hydrogen (secondary N) is 1. The molecular weight excluding hydrogens is 268 g/mol. The van der Waals surface area contributed by atoms with Crippen LogP contribution in [0.1, 0.15) is 24.0 Å². The molecule has 1 aliphatic heterocycles. The highest BCUT2D eigenvalue weighted by molar-refractivity contribution is 5.80. The first-order valence-electron chi connectivity index (χ1n) is 7.11. The van der Waals surface area contributed by atoms with Gasteiger partial charge in [-0.1, -0.05) is 24.3 Å². The van der Waals surface area contributed by atoms with Crippen LogP contribution in [0.5, 0.6) is 0 Å². The first-order chi connectivity index (χ1) is 10.3. The number of carbonyl (C=O) groups excluding carboxylic acids is 1. The van der Waals surface area contributed by atoms with Gasteiger partial charge in [-0.2, -0.15) is 5.10 Å². The third-order valence-corrected chi connectivity index (χ3v) is 3.59. The highest BCUT2D eigenvalue weighted by Gasteiger charge is 2.23. The Kier molecular flexibility index (Phi) is 4.25. The lowest BCUT2D eigenvalue weighted by atomic mass is 10.1. The lowest BCUT2D eigenvalue weighted by Crippen LogP contribution is -2.33. The zero-order valence-corrected chi connectivity index (χ0v) is 11.7. The van der Waals surface area contributed by atoms with Gasteiger partial charge in [0.1, 0.15) is 18.8 Å². The molecule has 2 heterocycles. The Bertz CT molecular complexity index is 591. The lowest BCUT2D eigenvalue weighted by molar-refractivity contribution is -0.130. The lowest BCUT2D eigenvalue weighted by Gasteiger charge is -2.13. The van der Waals surface area contributed by atoms with E-state index in [1.165, 1.54) is 6.33 Å². The van der Waals surface area contributed by atoms with Gasteiger partial charge in [0.25, 0.3) is 0 Å². The molecule has 1 atom stereocenters. The van der Waals surface area contributed by atoms with Crippen molar-refractivity contribution in [3.63, 3.8) is 0 Å². The van der Waals surface area contributed by atoms with Crippen LogP contribution in [-0.2, 0) is 22.6 Å². The quantitative estimate of drug-likeness (QED) is 0.894. The molecular formula is C15H18N4O2. The average molecular weight is 286 g/mol. The number of amides is 1. The van der Waals surface area contributed by atoms with E-state index in [9.17, 15) is 4.79 Å². The van der Waals surface area contributed by atoms with Gasteiger partial charge in [-0.05, 0) is 24.0 Å². The normalized spacial score (nSPS) is 17.8. The number of hydrogen-bond acceptors (Lipinski definition) is 4. The molecule has 0 aliphatic carbocycles. The van der Waals surface area contributed by atoms with E-state index in [4.69, 9.17) is 4.74 Å². The maximum atomic E-state index is 12.0. The molecule has 0 bridgehead atoms. The summed E-state index contributed by atoms with van der Waals surface area (Å²) in [5.41, 5.74) is 2.20. The second-order valence-electron chi connectivity index (χ2n) is 5.08. The molecule has 1 aromatic carbocycles. The molecule has 110 valence electrons. The van der Waals surface area contributed by atoms with Gasteiger partial charge in [0.15, 0.2) is 0 Å². The molecule has 1 amide bonds. The molecule has 0 spiro atoms. The second kappa shape index (κ2) is 6.49. The molecule has 2 aromatic rings. The highest BCUT2D eigenvalue weighted by atomic mass is 16.5. The van der Waals surface area contributed by atoms with E-state index in [0.717, 1.165) is 24.0 Å². The Morgan fingerprint density at radius 1 is 1.38 bits per heavy atom.